The Hall–Kier alpha value is -4.87. The van der Waals surface area contributed by atoms with Crippen LogP contribution in [0.4, 0.5) is 23.2 Å². The number of hydrogen-bond donors (Lipinski definition) is 2. The lowest BCUT2D eigenvalue weighted by Crippen LogP contribution is -2.27. The van der Waals surface area contributed by atoms with Crippen molar-refractivity contribution in [3.05, 3.63) is 105 Å². The van der Waals surface area contributed by atoms with Crippen LogP contribution in [0.5, 0.6) is 11.6 Å². The van der Waals surface area contributed by atoms with Crippen molar-refractivity contribution in [2.45, 2.75) is 24.5 Å². The van der Waals surface area contributed by atoms with Crippen LogP contribution in [0.2, 0.25) is 0 Å². The van der Waals surface area contributed by atoms with E-state index in [-0.39, 0.29) is 53.8 Å². The third-order valence-electron chi connectivity index (χ3n) is 6.28. The van der Waals surface area contributed by atoms with E-state index in [4.69, 9.17) is 9.47 Å². The highest BCUT2D eigenvalue weighted by Crippen LogP contribution is 2.36. The van der Waals surface area contributed by atoms with Crippen LogP contribution >= 0.6 is 0 Å². The van der Waals surface area contributed by atoms with Crippen LogP contribution in [0.15, 0.2) is 71.6 Å². The van der Waals surface area contributed by atoms with E-state index >= 15 is 0 Å². The van der Waals surface area contributed by atoms with E-state index in [2.05, 4.69) is 15.1 Å². The summed E-state index contributed by atoms with van der Waals surface area (Å²) in [7, 11) is -3.06. The Bertz CT molecular complexity index is 1850. The molecule has 0 aliphatic rings. The second-order valence-electron chi connectivity index (χ2n) is 9.43. The van der Waals surface area contributed by atoms with Gasteiger partial charge in [0.25, 0.3) is 11.6 Å². The van der Waals surface area contributed by atoms with Gasteiger partial charge in [0.15, 0.2) is 5.69 Å². The number of halogens is 4. The molecule has 45 heavy (non-hydrogen) atoms. The number of rotatable bonds is 12. The molecule has 0 radical (unpaired) electrons. The molecular weight excluding hydrogens is 626 g/mol. The predicted octanol–water partition coefficient (Wildman–Crippen LogP) is 4.89. The number of carbonyl (C=O) groups excluding carboxylic acids is 1. The standard InChI is InChI=1S/C28H25F4N5O7S/c1-17-25(26(38)33-16-18-5-3-6-19(13-18)28(30,31)32)35-36(21-8-4-7-20(29)14-21)27(17)44-23-10-9-22(37(39)40)15-24(23)45(41,42)34-11-12-43-2/h3-10,13-15,34H,11-12,16H2,1-2H3,(H,33,38). The number of aromatic nitrogens is 2. The molecule has 1 aromatic heterocycles. The van der Waals surface area contributed by atoms with Crippen molar-refractivity contribution >= 4 is 21.6 Å². The Morgan fingerprint density at radius 1 is 1.09 bits per heavy atom. The van der Waals surface area contributed by atoms with Crippen LogP contribution in [0, 0.1) is 22.9 Å². The Balaban J connectivity index is 1.75. The molecule has 0 saturated carbocycles. The Morgan fingerprint density at radius 2 is 1.82 bits per heavy atom. The zero-order valence-corrected chi connectivity index (χ0v) is 24.4. The fraction of sp³-hybridized carbons (Fsp3) is 0.214. The molecule has 0 unspecified atom stereocenters. The average Bonchev–Trinajstić information content (AvgIpc) is 3.31. The van der Waals surface area contributed by atoms with Crippen LogP contribution in [-0.2, 0) is 27.5 Å². The zero-order valence-electron chi connectivity index (χ0n) is 23.6. The fourth-order valence-electron chi connectivity index (χ4n) is 4.09. The summed E-state index contributed by atoms with van der Waals surface area (Å²) < 4.78 is 93.8. The van der Waals surface area contributed by atoms with E-state index in [1.54, 1.807) is 0 Å². The topological polar surface area (TPSA) is 155 Å². The van der Waals surface area contributed by atoms with Gasteiger partial charge in [0, 0.05) is 37.9 Å². The summed E-state index contributed by atoms with van der Waals surface area (Å²) >= 11 is 0. The van der Waals surface area contributed by atoms with Gasteiger partial charge in [-0.15, -0.1) is 0 Å². The molecule has 17 heteroatoms. The molecule has 4 rings (SSSR count). The zero-order chi connectivity index (χ0) is 32.9. The van der Waals surface area contributed by atoms with Crippen molar-refractivity contribution in [3.8, 4) is 17.3 Å². The number of non-ortho nitro benzene ring substituents is 1. The Kier molecular flexibility index (Phi) is 9.84. The first-order valence-corrected chi connectivity index (χ1v) is 14.4. The predicted molar refractivity (Wildman–Crippen MR) is 151 cm³/mol. The van der Waals surface area contributed by atoms with Crippen LogP contribution < -0.4 is 14.8 Å². The van der Waals surface area contributed by atoms with Gasteiger partial charge in [-0.05, 0) is 48.9 Å². The first kappa shape index (κ1) is 33.0. The lowest BCUT2D eigenvalue weighted by molar-refractivity contribution is -0.385. The number of nitrogens with zero attached hydrogens (tertiary/aromatic N) is 3. The number of nitrogens with one attached hydrogen (secondary N) is 2. The summed E-state index contributed by atoms with van der Waals surface area (Å²) in [6, 6.07) is 12.2. The molecule has 1 heterocycles. The van der Waals surface area contributed by atoms with Gasteiger partial charge in [-0.25, -0.2) is 17.5 Å². The maximum Gasteiger partial charge on any atom is 0.416 e. The van der Waals surface area contributed by atoms with E-state index in [1.807, 2.05) is 0 Å². The molecule has 0 fully saturated rings. The summed E-state index contributed by atoms with van der Waals surface area (Å²) in [6.07, 6.45) is -4.59. The number of nitro benzene ring substituents is 1. The van der Waals surface area contributed by atoms with Crippen LogP contribution in [0.25, 0.3) is 5.69 Å². The molecule has 2 N–H and O–H groups in total. The molecule has 12 nitrogen and oxygen atoms in total. The lowest BCUT2D eigenvalue weighted by Gasteiger charge is -2.14. The van der Waals surface area contributed by atoms with Crippen molar-refractivity contribution in [1.82, 2.24) is 19.8 Å². The van der Waals surface area contributed by atoms with Gasteiger partial charge in [-0.1, -0.05) is 18.2 Å². The number of benzene rings is 3. The molecule has 1 amide bonds. The van der Waals surface area contributed by atoms with Crippen molar-refractivity contribution in [2.24, 2.45) is 0 Å². The van der Waals surface area contributed by atoms with E-state index in [1.165, 1.54) is 38.3 Å². The minimum atomic E-state index is -4.59. The number of nitro groups is 1. The van der Waals surface area contributed by atoms with Gasteiger partial charge in [-0.3, -0.25) is 14.9 Å². The highest BCUT2D eigenvalue weighted by molar-refractivity contribution is 7.89. The van der Waals surface area contributed by atoms with Crippen LogP contribution in [0.1, 0.15) is 27.2 Å². The van der Waals surface area contributed by atoms with Crippen molar-refractivity contribution in [2.75, 3.05) is 20.3 Å². The maximum absolute atomic E-state index is 14.2. The monoisotopic (exact) mass is 651 g/mol. The smallest absolute Gasteiger partial charge is 0.416 e. The molecular formula is C28H25F4N5O7S. The van der Waals surface area contributed by atoms with Gasteiger partial charge in [0.2, 0.25) is 15.9 Å². The Morgan fingerprint density at radius 3 is 2.49 bits per heavy atom. The van der Waals surface area contributed by atoms with Gasteiger partial charge >= 0.3 is 6.18 Å². The number of sulfonamides is 1. The minimum Gasteiger partial charge on any atom is -0.437 e. The highest BCUT2D eigenvalue weighted by atomic mass is 32.2. The lowest BCUT2D eigenvalue weighted by atomic mass is 10.1. The van der Waals surface area contributed by atoms with E-state index in [0.29, 0.717) is 0 Å². The first-order valence-electron chi connectivity index (χ1n) is 13.0. The van der Waals surface area contributed by atoms with Crippen LogP contribution in [-0.4, -0.2) is 49.3 Å². The molecule has 4 aromatic rings. The third kappa shape index (κ3) is 7.81. The highest BCUT2D eigenvalue weighted by Gasteiger charge is 2.31. The molecule has 0 aliphatic carbocycles. The minimum absolute atomic E-state index is 0.00519. The van der Waals surface area contributed by atoms with Crippen molar-refractivity contribution < 1.29 is 45.2 Å². The molecule has 0 saturated heterocycles. The Labute approximate surface area is 253 Å². The normalized spacial score (nSPS) is 11.8. The summed E-state index contributed by atoms with van der Waals surface area (Å²) in [5, 5.41) is 18.1. The SMILES string of the molecule is COCCNS(=O)(=O)c1cc([N+](=O)[O-])ccc1Oc1c(C)c(C(=O)NCc2cccc(C(F)(F)F)c2)nn1-c1cccc(F)c1. The average molecular weight is 652 g/mol. The van der Waals surface area contributed by atoms with Gasteiger partial charge in [0.05, 0.1) is 22.8 Å². The number of hydrogen-bond acceptors (Lipinski definition) is 8. The largest absolute Gasteiger partial charge is 0.437 e. The summed E-state index contributed by atoms with van der Waals surface area (Å²) in [5.41, 5.74) is -1.48. The van der Waals surface area contributed by atoms with Crippen molar-refractivity contribution in [3.63, 3.8) is 0 Å². The quantitative estimate of drug-likeness (QED) is 0.0950. The maximum atomic E-state index is 14.2. The van der Waals surface area contributed by atoms with Gasteiger partial charge in [0.1, 0.15) is 16.5 Å². The molecule has 3 aromatic carbocycles. The number of alkyl halides is 3. The van der Waals surface area contributed by atoms with Gasteiger partial charge < -0.3 is 14.8 Å². The van der Waals surface area contributed by atoms with Gasteiger partial charge in [-0.2, -0.15) is 23.0 Å². The summed E-state index contributed by atoms with van der Waals surface area (Å²) in [4.78, 5) is 23.2. The first-order chi connectivity index (χ1) is 21.2. The fourth-order valence-corrected chi connectivity index (χ4v) is 5.25. The number of amides is 1. The number of methoxy groups -OCH3 is 1. The molecule has 0 spiro atoms. The molecule has 0 aliphatic heterocycles. The number of carbonyl (C=O) groups is 1. The van der Waals surface area contributed by atoms with Crippen molar-refractivity contribution in [1.29, 1.82) is 0 Å². The molecule has 0 atom stereocenters. The number of ether oxygens (including phenoxy) is 2. The molecule has 0 bridgehead atoms. The molecule has 238 valence electrons. The summed E-state index contributed by atoms with van der Waals surface area (Å²) in [6.45, 7) is 0.920. The van der Waals surface area contributed by atoms with Crippen LogP contribution in [0.3, 0.4) is 0 Å². The second kappa shape index (κ2) is 13.4. The second-order valence-corrected chi connectivity index (χ2v) is 11.2. The third-order valence-corrected chi connectivity index (χ3v) is 7.76. The summed E-state index contributed by atoms with van der Waals surface area (Å²) in [5.74, 6) is -2.14. The van der Waals surface area contributed by atoms with E-state index in [0.717, 1.165) is 47.1 Å². The van der Waals surface area contributed by atoms with E-state index < -0.39 is 49.0 Å². The van der Waals surface area contributed by atoms with E-state index in [9.17, 15) is 40.9 Å².